The number of aromatic nitrogens is 1. The zero-order chi connectivity index (χ0) is 14.1. The van der Waals surface area contributed by atoms with Gasteiger partial charge in [0.2, 0.25) is 0 Å². The number of nitrogens with zero attached hydrogens (tertiary/aromatic N) is 1. The molecule has 3 aromatic rings. The molecule has 102 valence electrons. The van der Waals surface area contributed by atoms with Crippen molar-refractivity contribution < 1.29 is 8.81 Å². The number of rotatable bonds is 3. The van der Waals surface area contributed by atoms with Crippen LogP contribution in [0.2, 0.25) is 0 Å². The van der Waals surface area contributed by atoms with Crippen LogP contribution < -0.4 is 0 Å². The molecule has 0 aliphatic heterocycles. The summed E-state index contributed by atoms with van der Waals surface area (Å²) in [5.41, 5.74) is 2.45. The van der Waals surface area contributed by atoms with Crippen LogP contribution in [0.5, 0.6) is 0 Å². The van der Waals surface area contributed by atoms with E-state index < -0.39 is 0 Å². The lowest BCUT2D eigenvalue weighted by Gasteiger charge is -2.09. The van der Waals surface area contributed by atoms with Crippen LogP contribution in [0.1, 0.15) is 16.8 Å². The van der Waals surface area contributed by atoms with Crippen LogP contribution in [-0.4, -0.2) is 4.98 Å². The summed E-state index contributed by atoms with van der Waals surface area (Å²) in [6.07, 6.45) is 0.470. The predicted molar refractivity (Wildman–Crippen MR) is 85.4 cm³/mol. The zero-order valence-electron chi connectivity index (χ0n) is 10.3. The van der Waals surface area contributed by atoms with Crippen molar-refractivity contribution in [2.75, 3.05) is 0 Å². The second-order valence-electron chi connectivity index (χ2n) is 4.41. The smallest absolute Gasteiger partial charge is 0.197 e. The molecule has 0 aliphatic rings. The van der Waals surface area contributed by atoms with Gasteiger partial charge in [0.1, 0.15) is 11.3 Å². The number of benzene rings is 2. The molecular weight excluding hydrogens is 392 g/mol. The number of para-hydroxylation sites is 2. The van der Waals surface area contributed by atoms with Gasteiger partial charge in [-0.2, -0.15) is 0 Å². The standard InChI is InChI=1S/C15H10ClFINO/c16-11(10-6-5-9(17)7-12(10)18)8-15-19-13-3-1-2-4-14(13)20-15/h1-7,11H,8H2. The SMILES string of the molecule is Fc1ccc(C(Cl)Cc2nc3ccccc3o2)c(I)c1. The molecule has 0 radical (unpaired) electrons. The summed E-state index contributed by atoms with van der Waals surface area (Å²) < 4.78 is 19.6. The van der Waals surface area contributed by atoms with Gasteiger partial charge in [-0.25, -0.2) is 9.37 Å². The molecule has 0 fully saturated rings. The molecule has 20 heavy (non-hydrogen) atoms. The second kappa shape index (κ2) is 5.69. The van der Waals surface area contributed by atoms with E-state index in [-0.39, 0.29) is 11.2 Å². The molecule has 0 spiro atoms. The van der Waals surface area contributed by atoms with E-state index >= 15 is 0 Å². The molecule has 1 heterocycles. The van der Waals surface area contributed by atoms with E-state index in [2.05, 4.69) is 27.6 Å². The zero-order valence-corrected chi connectivity index (χ0v) is 13.2. The van der Waals surface area contributed by atoms with E-state index in [1.54, 1.807) is 6.07 Å². The van der Waals surface area contributed by atoms with Crippen molar-refractivity contribution in [1.82, 2.24) is 4.98 Å². The van der Waals surface area contributed by atoms with Crippen molar-refractivity contribution >= 4 is 45.3 Å². The van der Waals surface area contributed by atoms with E-state index in [0.29, 0.717) is 12.3 Å². The summed E-state index contributed by atoms with van der Waals surface area (Å²) in [5, 5.41) is -0.296. The largest absolute Gasteiger partial charge is 0.441 e. The van der Waals surface area contributed by atoms with Crippen LogP contribution >= 0.6 is 34.2 Å². The summed E-state index contributed by atoms with van der Waals surface area (Å²) in [7, 11) is 0. The molecule has 2 nitrogen and oxygen atoms in total. The fourth-order valence-electron chi connectivity index (χ4n) is 2.03. The predicted octanol–water partition coefficient (Wildman–Crippen LogP) is 5.09. The Kier molecular flexibility index (Phi) is 3.94. The van der Waals surface area contributed by atoms with Crippen LogP contribution in [0.25, 0.3) is 11.1 Å². The summed E-state index contributed by atoms with van der Waals surface area (Å²) in [5.74, 6) is 0.329. The lowest BCUT2D eigenvalue weighted by molar-refractivity contribution is 0.524. The van der Waals surface area contributed by atoms with Crippen molar-refractivity contribution in [2.24, 2.45) is 0 Å². The summed E-state index contributed by atoms with van der Waals surface area (Å²) in [6, 6.07) is 12.2. The number of fused-ring (bicyclic) bond motifs is 1. The summed E-state index contributed by atoms with van der Waals surface area (Å²) in [6.45, 7) is 0. The molecule has 0 amide bonds. The molecular formula is C15H10ClFINO. The Morgan fingerprint density at radius 3 is 2.80 bits per heavy atom. The van der Waals surface area contributed by atoms with E-state index in [1.807, 2.05) is 24.3 Å². The van der Waals surface area contributed by atoms with Crippen LogP contribution in [0.3, 0.4) is 0 Å². The van der Waals surface area contributed by atoms with Gasteiger partial charge >= 0.3 is 0 Å². The van der Waals surface area contributed by atoms with Crippen LogP contribution in [0.4, 0.5) is 4.39 Å². The highest BCUT2D eigenvalue weighted by molar-refractivity contribution is 14.1. The fourth-order valence-corrected chi connectivity index (χ4v) is 3.39. The van der Waals surface area contributed by atoms with Gasteiger partial charge in [0.15, 0.2) is 11.5 Å². The van der Waals surface area contributed by atoms with E-state index in [4.69, 9.17) is 16.0 Å². The minimum absolute atomic E-state index is 0.260. The highest BCUT2D eigenvalue weighted by Gasteiger charge is 2.16. The van der Waals surface area contributed by atoms with Crippen LogP contribution in [0.15, 0.2) is 46.9 Å². The van der Waals surface area contributed by atoms with Gasteiger partial charge in [0.25, 0.3) is 0 Å². The van der Waals surface area contributed by atoms with Crippen molar-refractivity contribution in [2.45, 2.75) is 11.8 Å². The minimum atomic E-state index is -0.296. The molecule has 0 saturated carbocycles. The topological polar surface area (TPSA) is 26.0 Å². The fraction of sp³-hybridized carbons (Fsp3) is 0.133. The quantitative estimate of drug-likeness (QED) is 0.451. The Morgan fingerprint density at radius 2 is 2.05 bits per heavy atom. The van der Waals surface area contributed by atoms with E-state index in [9.17, 15) is 4.39 Å². The molecule has 0 bridgehead atoms. The molecule has 0 saturated heterocycles. The first-order valence-corrected chi connectivity index (χ1v) is 7.58. The Bertz CT molecular complexity index is 725. The monoisotopic (exact) mass is 401 g/mol. The molecule has 2 aromatic carbocycles. The Hall–Kier alpha value is -1.14. The van der Waals surface area contributed by atoms with Crippen LogP contribution in [0, 0.1) is 9.39 Å². The van der Waals surface area contributed by atoms with E-state index in [0.717, 1.165) is 20.2 Å². The number of hydrogen-bond donors (Lipinski definition) is 0. The van der Waals surface area contributed by atoms with Gasteiger partial charge < -0.3 is 4.42 Å². The van der Waals surface area contributed by atoms with Gasteiger partial charge in [-0.15, -0.1) is 11.6 Å². The molecule has 0 N–H and O–H groups in total. The van der Waals surface area contributed by atoms with Gasteiger partial charge in [-0.05, 0) is 52.4 Å². The maximum atomic E-state index is 13.1. The molecule has 0 aliphatic carbocycles. The van der Waals surface area contributed by atoms with Crippen molar-refractivity contribution in [3.8, 4) is 0 Å². The van der Waals surface area contributed by atoms with Crippen molar-refractivity contribution in [3.05, 3.63) is 63.3 Å². The number of hydrogen-bond acceptors (Lipinski definition) is 2. The van der Waals surface area contributed by atoms with Crippen molar-refractivity contribution in [1.29, 1.82) is 0 Å². The summed E-state index contributed by atoms with van der Waals surface area (Å²) in [4.78, 5) is 4.40. The Morgan fingerprint density at radius 1 is 1.25 bits per heavy atom. The average molecular weight is 402 g/mol. The first kappa shape index (κ1) is 13.8. The third-order valence-electron chi connectivity index (χ3n) is 2.99. The molecule has 1 unspecified atom stereocenters. The molecule has 3 rings (SSSR count). The average Bonchev–Trinajstić information content (AvgIpc) is 2.80. The first-order chi connectivity index (χ1) is 9.63. The first-order valence-electron chi connectivity index (χ1n) is 6.07. The number of alkyl halides is 1. The van der Waals surface area contributed by atoms with Gasteiger partial charge in [-0.3, -0.25) is 0 Å². The lowest BCUT2D eigenvalue weighted by atomic mass is 10.1. The lowest BCUT2D eigenvalue weighted by Crippen LogP contribution is -1.99. The van der Waals surface area contributed by atoms with Gasteiger partial charge in [0, 0.05) is 9.99 Å². The maximum absolute atomic E-state index is 13.1. The number of halogens is 3. The maximum Gasteiger partial charge on any atom is 0.197 e. The number of oxazole rings is 1. The third kappa shape index (κ3) is 2.81. The van der Waals surface area contributed by atoms with Crippen LogP contribution in [-0.2, 0) is 6.42 Å². The Balaban J connectivity index is 1.86. The molecule has 1 atom stereocenters. The third-order valence-corrected chi connectivity index (χ3v) is 4.32. The second-order valence-corrected chi connectivity index (χ2v) is 6.10. The molecule has 5 heteroatoms. The normalized spacial score (nSPS) is 12.8. The van der Waals surface area contributed by atoms with Gasteiger partial charge in [-0.1, -0.05) is 18.2 Å². The highest BCUT2D eigenvalue weighted by Crippen LogP contribution is 2.30. The highest BCUT2D eigenvalue weighted by atomic mass is 127. The van der Waals surface area contributed by atoms with E-state index in [1.165, 1.54) is 12.1 Å². The molecule has 1 aromatic heterocycles. The minimum Gasteiger partial charge on any atom is -0.441 e. The summed E-state index contributed by atoms with van der Waals surface area (Å²) >= 11 is 8.48. The van der Waals surface area contributed by atoms with Crippen molar-refractivity contribution in [3.63, 3.8) is 0 Å². The van der Waals surface area contributed by atoms with Gasteiger partial charge in [0.05, 0.1) is 5.38 Å². The Labute approximate surface area is 134 Å².